The van der Waals surface area contributed by atoms with Gasteiger partial charge in [0, 0.05) is 45.3 Å². The number of rotatable bonds is 6. The van der Waals surface area contributed by atoms with Gasteiger partial charge in [0.05, 0.1) is 5.00 Å². The molecule has 1 saturated heterocycles. The van der Waals surface area contributed by atoms with Crippen LogP contribution in [0.4, 0.5) is 5.00 Å². The highest BCUT2D eigenvalue weighted by Crippen LogP contribution is 2.25. The van der Waals surface area contributed by atoms with E-state index in [2.05, 4.69) is 50.0 Å². The van der Waals surface area contributed by atoms with Crippen LogP contribution >= 0.6 is 35.3 Å². The summed E-state index contributed by atoms with van der Waals surface area (Å²) in [5, 5.41) is 10.7. The third-order valence-corrected chi connectivity index (χ3v) is 6.51. The Balaban J connectivity index is 0.00000243. The quantitative estimate of drug-likeness (QED) is 0.364. The molecule has 148 valence electrons. The van der Waals surface area contributed by atoms with E-state index >= 15 is 0 Å². The molecule has 5 nitrogen and oxygen atoms in total. The Morgan fingerprint density at radius 3 is 2.62 bits per heavy atom. The minimum Gasteiger partial charge on any atom is -0.363 e. The number of anilines is 1. The van der Waals surface area contributed by atoms with Crippen molar-refractivity contribution in [2.45, 2.75) is 50.6 Å². The molecule has 0 spiro atoms. The van der Waals surface area contributed by atoms with Crippen molar-refractivity contribution in [1.29, 1.82) is 0 Å². The van der Waals surface area contributed by atoms with Gasteiger partial charge in [-0.3, -0.25) is 4.99 Å². The summed E-state index contributed by atoms with van der Waals surface area (Å²) >= 11 is 1.84. The lowest BCUT2D eigenvalue weighted by Crippen LogP contribution is -2.49. The number of halogens is 1. The van der Waals surface area contributed by atoms with Crippen molar-refractivity contribution in [1.82, 2.24) is 15.5 Å². The molecule has 2 aliphatic rings. The number of piperidine rings is 1. The topological polar surface area (TPSA) is 42.9 Å². The van der Waals surface area contributed by atoms with Crippen LogP contribution in [0.15, 0.2) is 22.5 Å². The zero-order chi connectivity index (χ0) is 17.5. The first kappa shape index (κ1) is 21.8. The van der Waals surface area contributed by atoms with Gasteiger partial charge in [-0.15, -0.1) is 35.3 Å². The number of aliphatic imine (C=N–C) groups is 1. The summed E-state index contributed by atoms with van der Waals surface area (Å²) in [6, 6.07) is 5.67. The largest absolute Gasteiger partial charge is 0.363 e. The molecule has 0 radical (unpaired) electrons. The SMILES string of the molecule is CN=C(NCCN(C)C1CCCC1)NC1CCN(c2cccs2)CC1.I. The van der Waals surface area contributed by atoms with Crippen LogP contribution in [-0.4, -0.2) is 63.2 Å². The predicted molar refractivity (Wildman–Crippen MR) is 124 cm³/mol. The Hall–Kier alpha value is -0.540. The van der Waals surface area contributed by atoms with Crippen molar-refractivity contribution in [3.05, 3.63) is 17.5 Å². The van der Waals surface area contributed by atoms with E-state index in [1.54, 1.807) is 0 Å². The molecule has 1 aromatic rings. The maximum atomic E-state index is 4.41. The summed E-state index contributed by atoms with van der Waals surface area (Å²) in [7, 11) is 4.13. The van der Waals surface area contributed by atoms with E-state index in [0.29, 0.717) is 6.04 Å². The van der Waals surface area contributed by atoms with Crippen LogP contribution in [0.1, 0.15) is 38.5 Å². The van der Waals surface area contributed by atoms with Gasteiger partial charge in [0.25, 0.3) is 0 Å². The van der Waals surface area contributed by atoms with Gasteiger partial charge in [-0.05, 0) is 50.2 Å². The van der Waals surface area contributed by atoms with Crippen molar-refractivity contribution >= 4 is 46.3 Å². The Labute approximate surface area is 179 Å². The summed E-state index contributed by atoms with van der Waals surface area (Å²) < 4.78 is 0. The number of nitrogens with zero attached hydrogens (tertiary/aromatic N) is 3. The highest BCUT2D eigenvalue weighted by atomic mass is 127. The maximum absolute atomic E-state index is 4.41. The van der Waals surface area contributed by atoms with Gasteiger partial charge in [0.2, 0.25) is 0 Å². The molecule has 1 aliphatic carbocycles. The molecule has 26 heavy (non-hydrogen) atoms. The Morgan fingerprint density at radius 2 is 2.00 bits per heavy atom. The van der Waals surface area contributed by atoms with Crippen LogP contribution in [0.3, 0.4) is 0 Å². The number of guanidine groups is 1. The van der Waals surface area contributed by atoms with Gasteiger partial charge < -0.3 is 20.4 Å². The van der Waals surface area contributed by atoms with Crippen LogP contribution in [-0.2, 0) is 0 Å². The molecule has 0 aromatic carbocycles. The number of nitrogens with one attached hydrogen (secondary N) is 2. The fourth-order valence-corrected chi connectivity index (χ4v) is 4.75. The Kier molecular flexibility index (Phi) is 9.49. The highest BCUT2D eigenvalue weighted by Gasteiger charge is 2.21. The van der Waals surface area contributed by atoms with Crippen LogP contribution < -0.4 is 15.5 Å². The van der Waals surface area contributed by atoms with E-state index in [9.17, 15) is 0 Å². The first-order valence-corrected chi connectivity index (χ1v) is 10.6. The average Bonchev–Trinajstić information content (AvgIpc) is 3.35. The van der Waals surface area contributed by atoms with Crippen LogP contribution in [0.2, 0.25) is 0 Å². The number of hydrogen-bond donors (Lipinski definition) is 2. The van der Waals surface area contributed by atoms with E-state index in [4.69, 9.17) is 0 Å². The third-order valence-electron chi connectivity index (χ3n) is 5.58. The van der Waals surface area contributed by atoms with Gasteiger partial charge in [-0.2, -0.15) is 0 Å². The highest BCUT2D eigenvalue weighted by molar-refractivity contribution is 14.0. The number of likely N-dealkylation sites (N-methyl/N-ethyl adjacent to an activating group) is 1. The maximum Gasteiger partial charge on any atom is 0.191 e. The first-order valence-electron chi connectivity index (χ1n) is 9.72. The molecule has 0 amide bonds. The zero-order valence-corrected chi connectivity index (χ0v) is 19.3. The molecule has 1 aliphatic heterocycles. The fraction of sp³-hybridized carbons (Fsp3) is 0.737. The molecule has 0 unspecified atom stereocenters. The molecule has 2 N–H and O–H groups in total. The fourth-order valence-electron chi connectivity index (χ4n) is 3.96. The van der Waals surface area contributed by atoms with Crippen molar-refractivity contribution in [2.24, 2.45) is 4.99 Å². The molecular formula is C19H34IN5S. The first-order chi connectivity index (χ1) is 12.3. The van der Waals surface area contributed by atoms with Crippen molar-refractivity contribution in [3.63, 3.8) is 0 Å². The summed E-state index contributed by atoms with van der Waals surface area (Å²) in [6.07, 6.45) is 7.87. The summed E-state index contributed by atoms with van der Waals surface area (Å²) in [5.74, 6) is 0.953. The second kappa shape index (κ2) is 11.3. The molecule has 2 fully saturated rings. The third kappa shape index (κ3) is 6.27. The monoisotopic (exact) mass is 491 g/mol. The smallest absolute Gasteiger partial charge is 0.191 e. The van der Waals surface area contributed by atoms with Gasteiger partial charge in [-0.25, -0.2) is 0 Å². The van der Waals surface area contributed by atoms with Crippen molar-refractivity contribution in [2.75, 3.05) is 45.2 Å². The van der Waals surface area contributed by atoms with Crippen molar-refractivity contribution in [3.8, 4) is 0 Å². The number of hydrogen-bond acceptors (Lipinski definition) is 4. The summed E-state index contributed by atoms with van der Waals surface area (Å²) in [6.45, 7) is 4.29. The van der Waals surface area contributed by atoms with E-state index in [1.807, 2.05) is 18.4 Å². The molecule has 1 aromatic heterocycles. The van der Waals surface area contributed by atoms with E-state index in [-0.39, 0.29) is 24.0 Å². The van der Waals surface area contributed by atoms with Crippen LogP contribution in [0, 0.1) is 0 Å². The standard InChI is InChI=1S/C19H33N5S.HI/c1-20-19(21-11-14-23(2)17-6-3-4-7-17)22-16-9-12-24(13-10-16)18-8-5-15-25-18;/h5,8,15-17H,3-4,6-7,9-14H2,1-2H3,(H2,20,21,22);1H. The minimum atomic E-state index is 0. The minimum absolute atomic E-state index is 0. The second-order valence-corrected chi connectivity index (χ2v) is 8.20. The normalized spacial score (nSPS) is 19.7. The van der Waals surface area contributed by atoms with E-state index in [0.717, 1.165) is 38.2 Å². The molecule has 2 heterocycles. The van der Waals surface area contributed by atoms with Crippen molar-refractivity contribution < 1.29 is 0 Å². The molecule has 7 heteroatoms. The predicted octanol–water partition coefficient (Wildman–Crippen LogP) is 3.37. The van der Waals surface area contributed by atoms with E-state index in [1.165, 1.54) is 43.5 Å². The van der Waals surface area contributed by atoms with Gasteiger partial charge >= 0.3 is 0 Å². The molecule has 3 rings (SSSR count). The Bertz CT molecular complexity index is 522. The van der Waals surface area contributed by atoms with Gasteiger partial charge in [0.15, 0.2) is 5.96 Å². The molecular weight excluding hydrogens is 457 g/mol. The molecule has 1 saturated carbocycles. The molecule has 0 atom stereocenters. The second-order valence-electron chi connectivity index (χ2n) is 7.27. The van der Waals surface area contributed by atoms with Crippen LogP contribution in [0.25, 0.3) is 0 Å². The Morgan fingerprint density at radius 1 is 1.27 bits per heavy atom. The summed E-state index contributed by atoms with van der Waals surface area (Å²) in [4.78, 5) is 9.41. The molecule has 0 bridgehead atoms. The van der Waals surface area contributed by atoms with Gasteiger partial charge in [-0.1, -0.05) is 12.8 Å². The lowest BCUT2D eigenvalue weighted by atomic mass is 10.1. The average molecular weight is 491 g/mol. The van der Waals surface area contributed by atoms with Gasteiger partial charge in [0.1, 0.15) is 0 Å². The van der Waals surface area contributed by atoms with E-state index < -0.39 is 0 Å². The number of thiophene rings is 1. The van der Waals surface area contributed by atoms with Crippen LogP contribution in [0.5, 0.6) is 0 Å². The lowest BCUT2D eigenvalue weighted by molar-refractivity contribution is 0.249. The zero-order valence-electron chi connectivity index (χ0n) is 16.1. The summed E-state index contributed by atoms with van der Waals surface area (Å²) in [5.41, 5.74) is 0. The lowest BCUT2D eigenvalue weighted by Gasteiger charge is -2.33.